The highest BCUT2D eigenvalue weighted by Crippen LogP contribution is 2.31. The van der Waals surface area contributed by atoms with Crippen molar-refractivity contribution in [3.8, 4) is 0 Å². The molecule has 0 fully saturated rings. The highest BCUT2D eigenvalue weighted by Gasteiger charge is 2.34. The van der Waals surface area contributed by atoms with Gasteiger partial charge < -0.3 is 5.32 Å². The van der Waals surface area contributed by atoms with E-state index in [0.29, 0.717) is 13.1 Å². The average molecular weight is 304 g/mol. The number of aryl methyl sites for hydroxylation is 1. The number of hydrogen-bond donors (Lipinski definition) is 1. The molecule has 0 saturated heterocycles. The number of nitrogens with zero attached hydrogens (tertiary/aromatic N) is 1. The van der Waals surface area contributed by atoms with Gasteiger partial charge in [0.25, 0.3) is 0 Å². The molecule has 20 heavy (non-hydrogen) atoms. The first-order valence-corrected chi connectivity index (χ1v) is 7.43. The van der Waals surface area contributed by atoms with Gasteiger partial charge in [0.2, 0.25) is 0 Å². The third-order valence-electron chi connectivity index (χ3n) is 3.47. The Bertz CT molecular complexity index is 491. The number of rotatable bonds is 4. The zero-order valence-electron chi connectivity index (χ0n) is 11.7. The molecule has 6 heteroatoms. The van der Waals surface area contributed by atoms with E-state index >= 15 is 0 Å². The van der Waals surface area contributed by atoms with Crippen molar-refractivity contribution in [2.45, 2.75) is 32.6 Å². The van der Waals surface area contributed by atoms with Crippen LogP contribution in [-0.4, -0.2) is 31.2 Å². The van der Waals surface area contributed by atoms with E-state index in [1.807, 2.05) is 7.05 Å². The molecule has 1 aromatic heterocycles. The Morgan fingerprint density at radius 2 is 2.15 bits per heavy atom. The van der Waals surface area contributed by atoms with Gasteiger partial charge in [-0.25, -0.2) is 0 Å². The number of nitrogens with one attached hydrogen (secondary N) is 1. The summed E-state index contributed by atoms with van der Waals surface area (Å²) in [5, 5.41) is 3.11. The molecule has 0 saturated carbocycles. The van der Waals surface area contributed by atoms with E-state index in [2.05, 4.69) is 23.2 Å². The van der Waals surface area contributed by atoms with Crippen molar-refractivity contribution in [2.24, 2.45) is 0 Å². The molecule has 0 bridgehead atoms. The SMILES string of the molecule is CNCc1cc(CN2CC=C(C(F)(F)F)CC2)c(C)s1. The topological polar surface area (TPSA) is 15.3 Å². The van der Waals surface area contributed by atoms with Gasteiger partial charge in [-0.15, -0.1) is 11.3 Å². The van der Waals surface area contributed by atoms with Crippen molar-refractivity contribution < 1.29 is 13.2 Å². The lowest BCUT2D eigenvalue weighted by Crippen LogP contribution is -2.31. The van der Waals surface area contributed by atoms with E-state index in [9.17, 15) is 13.2 Å². The van der Waals surface area contributed by atoms with Crippen LogP contribution in [0.4, 0.5) is 13.2 Å². The summed E-state index contributed by atoms with van der Waals surface area (Å²) in [6.07, 6.45) is -2.75. The fourth-order valence-corrected chi connectivity index (χ4v) is 3.42. The minimum Gasteiger partial charge on any atom is -0.315 e. The van der Waals surface area contributed by atoms with Crippen molar-refractivity contribution in [1.29, 1.82) is 0 Å². The van der Waals surface area contributed by atoms with Gasteiger partial charge >= 0.3 is 6.18 Å². The van der Waals surface area contributed by atoms with E-state index in [4.69, 9.17) is 0 Å². The maximum Gasteiger partial charge on any atom is 0.412 e. The zero-order chi connectivity index (χ0) is 14.8. The molecule has 0 amide bonds. The first kappa shape index (κ1) is 15.5. The number of hydrogen-bond acceptors (Lipinski definition) is 3. The van der Waals surface area contributed by atoms with Gasteiger partial charge in [0.05, 0.1) is 0 Å². The summed E-state index contributed by atoms with van der Waals surface area (Å²) in [6, 6.07) is 2.15. The summed E-state index contributed by atoms with van der Waals surface area (Å²) < 4.78 is 37.7. The molecule has 2 nitrogen and oxygen atoms in total. The minimum atomic E-state index is -4.16. The second-order valence-electron chi connectivity index (χ2n) is 5.04. The van der Waals surface area contributed by atoms with E-state index in [1.54, 1.807) is 11.3 Å². The average Bonchev–Trinajstić information content (AvgIpc) is 2.70. The molecule has 1 N–H and O–H groups in total. The van der Waals surface area contributed by atoms with Gasteiger partial charge in [0, 0.05) is 41.5 Å². The molecule has 112 valence electrons. The largest absolute Gasteiger partial charge is 0.412 e. The summed E-state index contributed by atoms with van der Waals surface area (Å²) in [7, 11) is 1.91. The molecule has 2 heterocycles. The molecule has 0 radical (unpaired) electrons. The molecule has 0 spiro atoms. The molecule has 1 aliphatic rings. The molecule has 0 aromatic carbocycles. The van der Waals surface area contributed by atoms with Crippen LogP contribution in [0.15, 0.2) is 17.7 Å². The number of halogens is 3. The minimum absolute atomic E-state index is 0.0933. The molecule has 2 rings (SSSR count). The summed E-state index contributed by atoms with van der Waals surface area (Å²) in [6.45, 7) is 4.49. The Morgan fingerprint density at radius 1 is 1.40 bits per heavy atom. The lowest BCUT2D eigenvalue weighted by atomic mass is 10.1. The highest BCUT2D eigenvalue weighted by molar-refractivity contribution is 7.12. The molecular weight excluding hydrogens is 285 g/mol. The van der Waals surface area contributed by atoms with Gasteiger partial charge in [0.15, 0.2) is 0 Å². The van der Waals surface area contributed by atoms with Crippen molar-refractivity contribution in [2.75, 3.05) is 20.1 Å². The van der Waals surface area contributed by atoms with Crippen LogP contribution in [0.25, 0.3) is 0 Å². The summed E-state index contributed by atoms with van der Waals surface area (Å²) >= 11 is 1.75. The fraction of sp³-hybridized carbons (Fsp3) is 0.571. The maximum atomic E-state index is 12.6. The lowest BCUT2D eigenvalue weighted by Gasteiger charge is -2.27. The van der Waals surface area contributed by atoms with Crippen LogP contribution in [-0.2, 0) is 13.1 Å². The Hall–Kier alpha value is -0.850. The smallest absolute Gasteiger partial charge is 0.315 e. The van der Waals surface area contributed by atoms with Crippen LogP contribution in [0.2, 0.25) is 0 Å². The molecule has 0 unspecified atom stereocenters. The van der Waals surface area contributed by atoms with E-state index in [1.165, 1.54) is 21.4 Å². The monoisotopic (exact) mass is 304 g/mol. The van der Waals surface area contributed by atoms with Crippen molar-refractivity contribution >= 4 is 11.3 Å². The fourth-order valence-electron chi connectivity index (χ4n) is 2.36. The second kappa shape index (κ2) is 6.28. The van der Waals surface area contributed by atoms with Crippen molar-refractivity contribution in [1.82, 2.24) is 10.2 Å². The predicted octanol–water partition coefficient (Wildman–Crippen LogP) is 3.47. The Labute approximate surface area is 121 Å². The van der Waals surface area contributed by atoms with Gasteiger partial charge in [-0.3, -0.25) is 4.90 Å². The molecule has 0 atom stereocenters. The Kier molecular flexibility index (Phi) is 4.88. The van der Waals surface area contributed by atoms with Crippen LogP contribution >= 0.6 is 11.3 Å². The Balaban J connectivity index is 1.97. The lowest BCUT2D eigenvalue weighted by molar-refractivity contribution is -0.0960. The predicted molar refractivity (Wildman–Crippen MR) is 75.9 cm³/mol. The van der Waals surface area contributed by atoms with Crippen LogP contribution in [0.5, 0.6) is 0 Å². The summed E-state index contributed by atoms with van der Waals surface area (Å²) in [5.74, 6) is 0. The standard InChI is InChI=1S/C14H19F3N2S/c1-10-11(7-13(20-10)8-18-2)9-19-5-3-12(4-6-19)14(15,16)17/h3,7,18H,4-6,8-9H2,1-2H3. The van der Waals surface area contributed by atoms with Crippen molar-refractivity contribution in [3.05, 3.63) is 33.0 Å². The van der Waals surface area contributed by atoms with Crippen LogP contribution < -0.4 is 5.32 Å². The van der Waals surface area contributed by atoms with Crippen molar-refractivity contribution in [3.63, 3.8) is 0 Å². The third-order valence-corrected chi connectivity index (χ3v) is 4.57. The summed E-state index contributed by atoms with van der Waals surface area (Å²) in [4.78, 5) is 4.58. The molecule has 0 aliphatic carbocycles. The molecular formula is C14H19F3N2S. The van der Waals surface area contributed by atoms with Crippen LogP contribution in [0, 0.1) is 6.92 Å². The number of alkyl halides is 3. The quantitative estimate of drug-likeness (QED) is 0.857. The third kappa shape index (κ3) is 3.84. The van der Waals surface area contributed by atoms with Crippen LogP contribution in [0.3, 0.4) is 0 Å². The highest BCUT2D eigenvalue weighted by atomic mass is 32.1. The molecule has 1 aromatic rings. The van der Waals surface area contributed by atoms with E-state index < -0.39 is 6.18 Å². The molecule has 1 aliphatic heterocycles. The van der Waals surface area contributed by atoms with Gasteiger partial charge in [-0.05, 0) is 32.0 Å². The normalized spacial score (nSPS) is 17.4. The van der Waals surface area contributed by atoms with Crippen LogP contribution in [0.1, 0.15) is 21.7 Å². The zero-order valence-corrected chi connectivity index (χ0v) is 12.5. The summed E-state index contributed by atoms with van der Waals surface area (Å²) in [5.41, 5.74) is 0.843. The van der Waals surface area contributed by atoms with Gasteiger partial charge in [-0.1, -0.05) is 6.08 Å². The van der Waals surface area contributed by atoms with Gasteiger partial charge in [-0.2, -0.15) is 13.2 Å². The van der Waals surface area contributed by atoms with Gasteiger partial charge in [0.1, 0.15) is 0 Å². The first-order chi connectivity index (χ1) is 9.40. The Morgan fingerprint density at radius 3 is 2.70 bits per heavy atom. The van der Waals surface area contributed by atoms with E-state index in [0.717, 1.165) is 13.1 Å². The first-order valence-electron chi connectivity index (χ1n) is 6.61. The second-order valence-corrected chi connectivity index (χ2v) is 6.38. The maximum absolute atomic E-state index is 12.6. The number of thiophene rings is 1. The van der Waals surface area contributed by atoms with E-state index in [-0.39, 0.29) is 12.0 Å².